The van der Waals surface area contributed by atoms with Gasteiger partial charge in [-0.1, -0.05) is 202 Å². The number of hydrogen-bond donors (Lipinski definition) is 1. The number of allylic oxidation sites excluding steroid dienone is 12. The molecule has 1 N–H and O–H groups in total. The van der Waals surface area contributed by atoms with E-state index in [0.29, 0.717) is 0 Å². The molecule has 0 spiro atoms. The van der Waals surface area contributed by atoms with Crippen LogP contribution >= 0.6 is 0 Å². The van der Waals surface area contributed by atoms with Crippen molar-refractivity contribution in [2.75, 3.05) is 0 Å². The number of nitrogens with zero attached hydrogens (tertiary/aromatic N) is 1. The molecule has 0 aromatic heterocycles. The zero-order valence-electron chi connectivity index (χ0n) is 33.0. The van der Waals surface area contributed by atoms with Gasteiger partial charge in [-0.25, -0.2) is 4.99 Å². The van der Waals surface area contributed by atoms with Crippen molar-refractivity contribution in [3.8, 4) is 0 Å². The summed E-state index contributed by atoms with van der Waals surface area (Å²) in [6.07, 6.45) is 24.7. The summed E-state index contributed by atoms with van der Waals surface area (Å²) < 4.78 is 0. The summed E-state index contributed by atoms with van der Waals surface area (Å²) in [7, 11) is 0. The van der Waals surface area contributed by atoms with E-state index in [1.54, 1.807) is 0 Å². The second-order valence-electron chi connectivity index (χ2n) is 14.2. The molecule has 0 saturated heterocycles. The van der Waals surface area contributed by atoms with Crippen LogP contribution in [-0.4, -0.2) is 6.34 Å². The van der Waals surface area contributed by atoms with Crippen molar-refractivity contribution in [1.29, 1.82) is 0 Å². The van der Waals surface area contributed by atoms with Gasteiger partial charge >= 0.3 is 0 Å². The van der Waals surface area contributed by atoms with Crippen LogP contribution in [0.4, 0.5) is 0 Å². The standard InChI is InChI=1S/C55H48N2/c1-7-10-12-20-41(6)53-48-23-15-17-25-50(48)54(51-26-18-16-24-49(51)53)55(47-35-33-44(34-36-47)40(5)27-28-43-22-14-13-19-39(43)4)37-52(56-38-57-55)46-31-29-45(30-32-46)42(9-3)21-11-8-2/h7-38H,3-4,6H2,1-2,5H3,(H,56,57)/b10-7-,11-8-,20-12-,40-27+,42-21+,43-28-. The van der Waals surface area contributed by atoms with E-state index >= 15 is 0 Å². The molecule has 0 amide bonds. The van der Waals surface area contributed by atoms with E-state index in [-0.39, 0.29) is 0 Å². The zero-order chi connectivity index (χ0) is 39.8. The monoisotopic (exact) mass is 736 g/mol. The van der Waals surface area contributed by atoms with Crippen LogP contribution in [-0.2, 0) is 5.54 Å². The van der Waals surface area contributed by atoms with Crippen molar-refractivity contribution < 1.29 is 0 Å². The van der Waals surface area contributed by atoms with Gasteiger partial charge in [0.15, 0.2) is 0 Å². The maximum Gasteiger partial charge on any atom is 0.111 e. The molecule has 7 rings (SSSR count). The topological polar surface area (TPSA) is 24.4 Å². The van der Waals surface area contributed by atoms with Crippen LogP contribution in [0, 0.1) is 0 Å². The molecule has 2 heteroatoms. The lowest BCUT2D eigenvalue weighted by Crippen LogP contribution is -2.43. The molecular formula is C55H48N2. The first kappa shape index (κ1) is 38.3. The largest absolute Gasteiger partial charge is 0.359 e. The molecule has 0 bridgehead atoms. The Morgan fingerprint density at radius 3 is 1.93 bits per heavy atom. The second kappa shape index (κ2) is 17.2. The van der Waals surface area contributed by atoms with Crippen LogP contribution in [0.25, 0.3) is 56.6 Å². The molecule has 278 valence electrons. The predicted octanol–water partition coefficient (Wildman–Crippen LogP) is 12.5. The lowest BCUT2D eigenvalue weighted by Gasteiger charge is -2.37. The average molecular weight is 737 g/mol. The molecule has 0 radical (unpaired) electrons. The molecule has 0 aliphatic carbocycles. The fraction of sp³-hybridized carbons (Fsp3) is 0.0727. The molecule has 1 aliphatic heterocycles. The molecule has 0 fully saturated rings. The highest BCUT2D eigenvalue weighted by Crippen LogP contribution is 2.46. The summed E-state index contributed by atoms with van der Waals surface area (Å²) in [6.45, 7) is 19.0. The third kappa shape index (κ3) is 7.76. The summed E-state index contributed by atoms with van der Waals surface area (Å²) in [4.78, 5) is 4.97. The summed E-state index contributed by atoms with van der Waals surface area (Å²) >= 11 is 0. The maximum absolute atomic E-state index is 4.97. The summed E-state index contributed by atoms with van der Waals surface area (Å²) in [5.41, 5.74) is 9.95. The summed E-state index contributed by atoms with van der Waals surface area (Å²) in [5.74, 6) is 0. The van der Waals surface area contributed by atoms with Crippen molar-refractivity contribution >= 4 is 63.0 Å². The number of hydrogen-bond acceptors (Lipinski definition) is 2. The van der Waals surface area contributed by atoms with E-state index in [9.17, 15) is 0 Å². The third-order valence-electron chi connectivity index (χ3n) is 10.7. The van der Waals surface area contributed by atoms with Crippen molar-refractivity contribution in [3.05, 3.63) is 239 Å². The molecule has 1 heterocycles. The van der Waals surface area contributed by atoms with E-state index in [1.807, 2.05) is 68.8 Å². The van der Waals surface area contributed by atoms with Gasteiger partial charge in [0.2, 0.25) is 0 Å². The normalized spacial score (nSPS) is 16.5. The fourth-order valence-electron chi connectivity index (χ4n) is 7.69. The SMILES string of the molecule is C=C/C(=C\C=C/C)c1ccc(C2=CC(c3ccc(/C(C)=C/C=c4/ccccc4=C)cc3)(c3c4ccccc4c(C(=C)/C=C\C=C/C)c4ccccc34)NC=N2)cc1. The van der Waals surface area contributed by atoms with Gasteiger partial charge in [0, 0.05) is 5.56 Å². The Bertz CT molecular complexity index is 2760. The van der Waals surface area contributed by atoms with Gasteiger partial charge < -0.3 is 5.32 Å². The quantitative estimate of drug-likeness (QED) is 0.104. The average Bonchev–Trinajstić information content (AvgIpc) is 3.25. The van der Waals surface area contributed by atoms with Crippen LogP contribution < -0.4 is 15.8 Å². The van der Waals surface area contributed by atoms with Crippen LogP contribution in [0.3, 0.4) is 0 Å². The van der Waals surface area contributed by atoms with E-state index < -0.39 is 5.54 Å². The van der Waals surface area contributed by atoms with Crippen LogP contribution in [0.1, 0.15) is 54.2 Å². The lowest BCUT2D eigenvalue weighted by molar-refractivity contribution is 0.610. The number of aliphatic imine (C=N–C) groups is 1. The lowest BCUT2D eigenvalue weighted by atomic mass is 9.74. The highest BCUT2D eigenvalue weighted by Gasteiger charge is 2.38. The predicted molar refractivity (Wildman–Crippen MR) is 250 cm³/mol. The zero-order valence-corrected chi connectivity index (χ0v) is 33.0. The fourth-order valence-corrected chi connectivity index (χ4v) is 7.69. The number of benzene rings is 6. The summed E-state index contributed by atoms with van der Waals surface area (Å²) in [6, 6.07) is 43.2. The molecule has 1 aliphatic rings. The van der Waals surface area contributed by atoms with Crippen LogP contribution in [0.15, 0.2) is 200 Å². The highest BCUT2D eigenvalue weighted by molar-refractivity contribution is 6.14. The Balaban J connectivity index is 1.46. The first-order valence-electron chi connectivity index (χ1n) is 19.4. The molecule has 6 aromatic rings. The van der Waals surface area contributed by atoms with Gasteiger partial charge in [0.05, 0.1) is 12.0 Å². The van der Waals surface area contributed by atoms with E-state index in [2.05, 4.69) is 172 Å². The third-order valence-corrected chi connectivity index (χ3v) is 10.7. The molecule has 1 unspecified atom stereocenters. The molecule has 57 heavy (non-hydrogen) atoms. The Morgan fingerprint density at radius 2 is 1.30 bits per heavy atom. The smallest absolute Gasteiger partial charge is 0.111 e. The molecular weight excluding hydrogens is 689 g/mol. The van der Waals surface area contributed by atoms with E-state index in [1.165, 1.54) is 5.57 Å². The summed E-state index contributed by atoms with van der Waals surface area (Å²) in [5, 5.41) is 10.5. The van der Waals surface area contributed by atoms with Crippen molar-refractivity contribution in [2.24, 2.45) is 4.99 Å². The van der Waals surface area contributed by atoms with Gasteiger partial charge in [0.1, 0.15) is 5.54 Å². The van der Waals surface area contributed by atoms with Crippen LogP contribution in [0.2, 0.25) is 0 Å². The minimum atomic E-state index is -0.789. The molecule has 2 nitrogen and oxygen atoms in total. The minimum Gasteiger partial charge on any atom is -0.359 e. The van der Waals surface area contributed by atoms with Gasteiger partial charge in [-0.3, -0.25) is 0 Å². The second-order valence-corrected chi connectivity index (χ2v) is 14.2. The van der Waals surface area contributed by atoms with E-state index in [4.69, 9.17) is 4.99 Å². The highest BCUT2D eigenvalue weighted by atomic mass is 15.0. The Hall–Kier alpha value is -7.03. The molecule has 1 atom stereocenters. The van der Waals surface area contributed by atoms with Gasteiger partial charge in [-0.05, 0) is 103 Å². The Labute approximate surface area is 337 Å². The minimum absolute atomic E-state index is 0.789. The van der Waals surface area contributed by atoms with Gasteiger partial charge in [0.25, 0.3) is 0 Å². The van der Waals surface area contributed by atoms with Crippen LogP contribution in [0.5, 0.6) is 0 Å². The number of fused-ring (bicyclic) bond motifs is 2. The van der Waals surface area contributed by atoms with Crippen molar-refractivity contribution in [1.82, 2.24) is 5.32 Å². The van der Waals surface area contributed by atoms with E-state index in [0.717, 1.165) is 82.2 Å². The first-order valence-corrected chi connectivity index (χ1v) is 19.4. The van der Waals surface area contributed by atoms with Crippen molar-refractivity contribution in [3.63, 3.8) is 0 Å². The van der Waals surface area contributed by atoms with Crippen molar-refractivity contribution in [2.45, 2.75) is 26.3 Å². The Kier molecular flexibility index (Phi) is 11.5. The maximum atomic E-state index is 4.97. The van der Waals surface area contributed by atoms with Gasteiger partial charge in [-0.15, -0.1) is 0 Å². The Morgan fingerprint density at radius 1 is 0.684 bits per heavy atom. The molecule has 0 saturated carbocycles. The van der Waals surface area contributed by atoms with Gasteiger partial charge in [-0.2, -0.15) is 0 Å². The first-order chi connectivity index (χ1) is 27.9. The number of rotatable bonds is 11. The molecule has 6 aromatic carbocycles. The number of nitrogens with one attached hydrogen (secondary N) is 1.